The molecule has 45 heavy (non-hydrogen) atoms. The van der Waals surface area contributed by atoms with Crippen molar-refractivity contribution in [1.82, 2.24) is 28.2 Å². The Morgan fingerprint density at radius 3 is 1.44 bits per heavy atom. The van der Waals surface area contributed by atoms with Crippen molar-refractivity contribution in [2.45, 2.75) is 13.8 Å². The molecular formula is C37H23BN6O. The number of para-hydroxylation sites is 2. The molecule has 8 aromatic rings. The number of rotatable bonds is 2. The minimum absolute atomic E-state index is 0.0586. The fourth-order valence-corrected chi connectivity index (χ4v) is 8.49. The van der Waals surface area contributed by atoms with Gasteiger partial charge in [0.2, 0.25) is 0 Å². The summed E-state index contributed by atoms with van der Waals surface area (Å²) in [4.78, 5) is 25.0. The molecule has 3 aromatic heterocycles. The van der Waals surface area contributed by atoms with Gasteiger partial charge in [-0.2, -0.15) is 0 Å². The summed E-state index contributed by atoms with van der Waals surface area (Å²) in [6, 6.07) is 35.3. The molecule has 0 saturated heterocycles. The van der Waals surface area contributed by atoms with Gasteiger partial charge in [0.05, 0.1) is 44.8 Å². The van der Waals surface area contributed by atoms with Crippen LogP contribution >= 0.6 is 0 Å². The number of hydrogen-bond donors (Lipinski definition) is 0. The molecule has 0 aliphatic carbocycles. The van der Waals surface area contributed by atoms with Crippen LogP contribution in [-0.4, -0.2) is 34.9 Å². The van der Waals surface area contributed by atoms with E-state index < -0.39 is 0 Å². The van der Waals surface area contributed by atoms with E-state index in [0.29, 0.717) is 0 Å². The molecule has 0 amide bonds. The lowest BCUT2D eigenvalue weighted by atomic mass is 9.33. The van der Waals surface area contributed by atoms with Crippen LogP contribution in [-0.2, 0) is 0 Å². The third-order valence-electron chi connectivity index (χ3n) is 10.1. The minimum Gasteiger partial charge on any atom is -0.297 e. The Kier molecular flexibility index (Phi) is 4.08. The number of imidazole rings is 3. The highest BCUT2D eigenvalue weighted by Gasteiger charge is 2.46. The molecule has 0 saturated carbocycles. The summed E-state index contributed by atoms with van der Waals surface area (Å²) >= 11 is 0. The first-order valence-electron chi connectivity index (χ1n) is 15.3. The molecule has 0 fully saturated rings. The highest BCUT2D eigenvalue weighted by Crippen LogP contribution is 2.42. The monoisotopic (exact) mass is 578 g/mol. The lowest BCUT2D eigenvalue weighted by Crippen LogP contribution is -2.60. The van der Waals surface area contributed by atoms with Crippen LogP contribution in [0.15, 0.2) is 108 Å². The van der Waals surface area contributed by atoms with Crippen molar-refractivity contribution in [2.24, 2.45) is 0 Å². The van der Waals surface area contributed by atoms with E-state index >= 15 is 0 Å². The van der Waals surface area contributed by atoms with E-state index in [2.05, 4.69) is 65.4 Å². The third kappa shape index (κ3) is 2.61. The van der Waals surface area contributed by atoms with E-state index in [1.54, 1.807) is 0 Å². The predicted octanol–water partition coefficient (Wildman–Crippen LogP) is 4.71. The topological polar surface area (TPSA) is 62.6 Å². The van der Waals surface area contributed by atoms with E-state index in [0.717, 1.165) is 79.0 Å². The highest BCUT2D eigenvalue weighted by atomic mass is 16.1. The Labute approximate surface area is 257 Å². The number of benzene rings is 5. The molecule has 5 aromatic carbocycles. The SMILES string of the molecule is Cc1nc2ccc3c4c2n1-c1cccc2c1B4c1c(ccc4nc(C)n-2c14)-c1c-3n(-c2ccccc2)c(=O)n1-c1ccccc1. The minimum atomic E-state index is -0.0995. The zero-order valence-electron chi connectivity index (χ0n) is 24.5. The van der Waals surface area contributed by atoms with E-state index in [1.165, 1.54) is 16.4 Å². The van der Waals surface area contributed by atoms with Crippen molar-refractivity contribution in [3.8, 4) is 45.3 Å². The molecule has 3 aliphatic heterocycles. The second-order valence-electron chi connectivity index (χ2n) is 12.2. The Morgan fingerprint density at radius 2 is 0.978 bits per heavy atom. The predicted molar refractivity (Wildman–Crippen MR) is 179 cm³/mol. The van der Waals surface area contributed by atoms with Gasteiger partial charge in [-0.15, -0.1) is 0 Å². The molecule has 0 N–H and O–H groups in total. The van der Waals surface area contributed by atoms with Gasteiger partial charge in [-0.25, -0.2) is 14.8 Å². The first-order valence-corrected chi connectivity index (χ1v) is 15.3. The molecule has 7 nitrogen and oxygen atoms in total. The van der Waals surface area contributed by atoms with Crippen molar-refractivity contribution in [3.05, 3.63) is 125 Å². The van der Waals surface area contributed by atoms with Crippen LogP contribution in [0.4, 0.5) is 0 Å². The Bertz CT molecular complexity index is 2520. The van der Waals surface area contributed by atoms with Crippen LogP contribution in [0.2, 0.25) is 0 Å². The molecule has 0 atom stereocenters. The summed E-state index contributed by atoms with van der Waals surface area (Å²) in [6.45, 7) is 4.11. The van der Waals surface area contributed by atoms with Gasteiger partial charge in [0.25, 0.3) is 6.71 Å². The van der Waals surface area contributed by atoms with Crippen molar-refractivity contribution in [3.63, 3.8) is 0 Å². The summed E-state index contributed by atoms with van der Waals surface area (Å²) in [5, 5.41) is 0. The van der Waals surface area contributed by atoms with E-state index in [4.69, 9.17) is 9.97 Å². The summed E-state index contributed by atoms with van der Waals surface area (Å²) in [5.74, 6) is 1.90. The number of aromatic nitrogens is 6. The zero-order chi connectivity index (χ0) is 29.7. The zero-order valence-corrected chi connectivity index (χ0v) is 24.5. The summed E-state index contributed by atoms with van der Waals surface area (Å²) in [7, 11) is 0. The highest BCUT2D eigenvalue weighted by molar-refractivity contribution is 7.02. The van der Waals surface area contributed by atoms with E-state index in [-0.39, 0.29) is 12.4 Å². The van der Waals surface area contributed by atoms with Gasteiger partial charge in [-0.1, -0.05) is 54.6 Å². The maximum Gasteiger partial charge on any atom is 0.338 e. The Balaban J connectivity index is 1.46. The van der Waals surface area contributed by atoms with Crippen molar-refractivity contribution >= 4 is 45.2 Å². The number of nitrogens with zero attached hydrogens (tertiary/aromatic N) is 6. The third-order valence-corrected chi connectivity index (χ3v) is 10.1. The molecule has 0 bridgehead atoms. The van der Waals surface area contributed by atoms with E-state index in [1.807, 2.05) is 69.8 Å². The first kappa shape index (κ1) is 23.6. The Morgan fingerprint density at radius 1 is 0.511 bits per heavy atom. The maximum absolute atomic E-state index is 14.9. The molecular weight excluding hydrogens is 555 g/mol. The van der Waals surface area contributed by atoms with Crippen LogP contribution in [0.5, 0.6) is 0 Å². The second-order valence-corrected chi connectivity index (χ2v) is 12.2. The fraction of sp³-hybridized carbons (Fsp3) is 0.0541. The number of fused-ring (bicyclic) bond motifs is 5. The molecule has 210 valence electrons. The average molecular weight is 578 g/mol. The molecule has 0 unspecified atom stereocenters. The van der Waals surface area contributed by atoms with Crippen LogP contribution in [0, 0.1) is 13.8 Å². The molecule has 11 rings (SSSR count). The smallest absolute Gasteiger partial charge is 0.297 e. The standard InChI is InChI=1S/C37H23BN6O/c1-20-39-26-18-16-24-30-35(26)41(20)28-14-9-15-29-32(28)38(30)31-25(17-19-27-36(31)42(29)21(2)40-27)34-33(24)43(22-10-5-3-6-11-22)37(45)44(34)23-12-7-4-8-13-23/h3-19H,1-2H3. The van der Waals surface area contributed by atoms with Gasteiger partial charge in [0, 0.05) is 11.4 Å². The average Bonchev–Trinajstić information content (AvgIpc) is 3.67. The van der Waals surface area contributed by atoms with Gasteiger partial charge in [0.1, 0.15) is 11.6 Å². The van der Waals surface area contributed by atoms with E-state index in [9.17, 15) is 4.79 Å². The van der Waals surface area contributed by atoms with Crippen molar-refractivity contribution in [2.75, 3.05) is 0 Å². The lowest BCUT2D eigenvalue weighted by molar-refractivity contribution is 0.914. The fourth-order valence-electron chi connectivity index (χ4n) is 8.49. The van der Waals surface area contributed by atoms with Gasteiger partial charge in [-0.05, 0) is 89.9 Å². The van der Waals surface area contributed by atoms with Crippen LogP contribution < -0.4 is 22.1 Å². The molecule has 3 aliphatic rings. The Hall–Kier alpha value is -5.89. The summed E-state index contributed by atoms with van der Waals surface area (Å²) in [5.41, 5.74) is 15.6. The van der Waals surface area contributed by atoms with Crippen LogP contribution in [0.25, 0.3) is 67.3 Å². The molecule has 0 radical (unpaired) electrons. The lowest BCUT2D eigenvalue weighted by Gasteiger charge is -2.34. The molecule has 8 heteroatoms. The molecule has 6 heterocycles. The normalized spacial score (nSPS) is 13.2. The quantitative estimate of drug-likeness (QED) is 0.279. The molecule has 0 spiro atoms. The van der Waals surface area contributed by atoms with Crippen molar-refractivity contribution in [1.29, 1.82) is 0 Å². The number of hydrogen-bond acceptors (Lipinski definition) is 3. The number of aryl methyl sites for hydroxylation is 2. The van der Waals surface area contributed by atoms with Crippen LogP contribution in [0.3, 0.4) is 0 Å². The van der Waals surface area contributed by atoms with Crippen LogP contribution in [0.1, 0.15) is 11.6 Å². The van der Waals surface area contributed by atoms with Gasteiger partial charge < -0.3 is 0 Å². The first-order chi connectivity index (χ1) is 22.1. The van der Waals surface area contributed by atoms with Gasteiger partial charge >= 0.3 is 5.69 Å². The van der Waals surface area contributed by atoms with Gasteiger partial charge in [-0.3, -0.25) is 18.3 Å². The van der Waals surface area contributed by atoms with Gasteiger partial charge in [0.15, 0.2) is 0 Å². The maximum atomic E-state index is 14.9. The summed E-state index contributed by atoms with van der Waals surface area (Å²) < 4.78 is 8.47. The largest absolute Gasteiger partial charge is 0.338 e. The van der Waals surface area contributed by atoms with Crippen molar-refractivity contribution < 1.29 is 0 Å². The summed E-state index contributed by atoms with van der Waals surface area (Å²) in [6.07, 6.45) is 0. The second kappa shape index (κ2) is 7.79.